The number of amides is 1. The lowest BCUT2D eigenvalue weighted by atomic mass is 10.1. The maximum absolute atomic E-state index is 13.0. The Labute approximate surface area is 194 Å². The van der Waals surface area contributed by atoms with Crippen LogP contribution in [-0.2, 0) is 11.3 Å². The predicted octanol–water partition coefficient (Wildman–Crippen LogP) is 4.85. The van der Waals surface area contributed by atoms with E-state index in [1.807, 2.05) is 54.6 Å². The minimum atomic E-state index is -0.191. The number of aryl methyl sites for hydroxylation is 3. The van der Waals surface area contributed by atoms with E-state index >= 15 is 0 Å². The first-order valence-electron chi connectivity index (χ1n) is 10.5. The van der Waals surface area contributed by atoms with Crippen LogP contribution < -0.4 is 10.9 Å². The third-order valence-electron chi connectivity index (χ3n) is 5.24. The molecule has 0 unspecified atom stereocenters. The van der Waals surface area contributed by atoms with Gasteiger partial charge in [-0.3, -0.25) is 18.6 Å². The van der Waals surface area contributed by atoms with Gasteiger partial charge in [0, 0.05) is 6.54 Å². The van der Waals surface area contributed by atoms with E-state index in [9.17, 15) is 9.59 Å². The third kappa shape index (κ3) is 4.25. The number of nitrogens with zero attached hydrogens (tertiary/aromatic N) is 4. The second kappa shape index (κ2) is 9.34. The fourth-order valence-corrected chi connectivity index (χ4v) is 4.83. The molecule has 1 amide bonds. The molecule has 0 aliphatic rings. The molecule has 2 heterocycles. The van der Waals surface area contributed by atoms with Crippen LogP contribution in [0.15, 0.2) is 46.3 Å². The number of halogens is 1. The number of carbonyl (C=O) groups is 1. The maximum Gasteiger partial charge on any atom is 0.262 e. The average Bonchev–Trinajstić information content (AvgIpc) is 3.19. The summed E-state index contributed by atoms with van der Waals surface area (Å²) < 4.78 is 3.52. The first-order valence-corrected chi connectivity index (χ1v) is 11.8. The molecule has 2 aromatic carbocycles. The number of nitrogens with one attached hydrogen (secondary N) is 1. The topological polar surface area (TPSA) is 81.3 Å². The summed E-state index contributed by atoms with van der Waals surface area (Å²) in [5, 5.41) is 13.1. The molecule has 9 heteroatoms. The summed E-state index contributed by atoms with van der Waals surface area (Å²) in [6.07, 6.45) is 1.82. The summed E-state index contributed by atoms with van der Waals surface area (Å²) in [5.41, 5.74) is 3.22. The third-order valence-corrected chi connectivity index (χ3v) is 6.47. The smallest absolute Gasteiger partial charge is 0.262 e. The van der Waals surface area contributed by atoms with Crippen LogP contribution in [-0.4, -0.2) is 30.8 Å². The van der Waals surface area contributed by atoms with Crippen molar-refractivity contribution in [2.75, 3.05) is 11.1 Å². The van der Waals surface area contributed by atoms with Crippen molar-refractivity contribution in [3.05, 3.63) is 62.9 Å². The number of hydrogen-bond donors (Lipinski definition) is 1. The summed E-state index contributed by atoms with van der Waals surface area (Å²) >= 11 is 7.59. The van der Waals surface area contributed by atoms with Gasteiger partial charge < -0.3 is 5.32 Å². The molecule has 0 aliphatic heterocycles. The van der Waals surface area contributed by atoms with E-state index in [-0.39, 0.29) is 17.2 Å². The summed E-state index contributed by atoms with van der Waals surface area (Å²) in [6, 6.07) is 11.2. The van der Waals surface area contributed by atoms with Crippen LogP contribution in [0.3, 0.4) is 0 Å². The number of unbranched alkanes of at least 4 members (excludes halogenated alkanes) is 1. The average molecular weight is 470 g/mol. The van der Waals surface area contributed by atoms with Crippen molar-refractivity contribution in [2.24, 2.45) is 0 Å². The lowest BCUT2D eigenvalue weighted by Crippen LogP contribution is -2.23. The van der Waals surface area contributed by atoms with Crippen LogP contribution in [0, 0.1) is 13.8 Å². The van der Waals surface area contributed by atoms with Gasteiger partial charge in [-0.1, -0.05) is 54.9 Å². The van der Waals surface area contributed by atoms with E-state index in [1.54, 1.807) is 4.57 Å². The van der Waals surface area contributed by atoms with E-state index in [0.29, 0.717) is 33.6 Å². The van der Waals surface area contributed by atoms with Crippen molar-refractivity contribution < 1.29 is 4.79 Å². The Morgan fingerprint density at radius 3 is 2.72 bits per heavy atom. The number of carbonyl (C=O) groups excluding carboxylic acids is 1. The van der Waals surface area contributed by atoms with E-state index in [1.165, 1.54) is 11.8 Å². The van der Waals surface area contributed by atoms with Gasteiger partial charge in [0.1, 0.15) is 0 Å². The first-order chi connectivity index (χ1) is 15.4. The lowest BCUT2D eigenvalue weighted by molar-refractivity contribution is -0.113. The number of rotatable bonds is 7. The van der Waals surface area contributed by atoms with Gasteiger partial charge in [-0.25, -0.2) is 0 Å². The lowest BCUT2D eigenvalue weighted by Gasteiger charge is -2.12. The number of aromatic nitrogens is 4. The Morgan fingerprint density at radius 1 is 1.19 bits per heavy atom. The standard InChI is InChI=1S/C23H24ClN5O2S/c1-4-5-10-28-21(31)16-8-6-7-9-18(16)29-22(28)26-27-23(29)32-13-19(30)25-20-15(3)11-14(2)12-17(20)24/h6-9,11-12H,4-5,10,13H2,1-3H3,(H,25,30). The van der Waals surface area contributed by atoms with E-state index < -0.39 is 0 Å². The fraction of sp³-hybridized carbons (Fsp3) is 0.304. The summed E-state index contributed by atoms with van der Waals surface area (Å²) in [5.74, 6) is 0.430. The largest absolute Gasteiger partial charge is 0.324 e. The Balaban J connectivity index is 1.65. The number of anilines is 1. The Bertz CT molecular complexity index is 1360. The van der Waals surface area contributed by atoms with Gasteiger partial charge in [-0.2, -0.15) is 0 Å². The highest BCUT2D eigenvalue weighted by Crippen LogP contribution is 2.28. The highest BCUT2D eigenvalue weighted by molar-refractivity contribution is 7.99. The molecule has 2 aromatic heterocycles. The zero-order valence-electron chi connectivity index (χ0n) is 18.2. The number of thioether (sulfide) groups is 1. The van der Waals surface area contributed by atoms with Crippen molar-refractivity contribution in [2.45, 2.75) is 45.3 Å². The molecule has 0 bridgehead atoms. The van der Waals surface area contributed by atoms with Gasteiger partial charge >= 0.3 is 0 Å². The molecule has 4 aromatic rings. The van der Waals surface area contributed by atoms with Crippen LogP contribution in [0.4, 0.5) is 5.69 Å². The maximum atomic E-state index is 13.0. The molecule has 32 heavy (non-hydrogen) atoms. The van der Waals surface area contributed by atoms with Crippen molar-refractivity contribution in [1.29, 1.82) is 0 Å². The highest BCUT2D eigenvalue weighted by atomic mass is 35.5. The molecule has 7 nitrogen and oxygen atoms in total. The monoisotopic (exact) mass is 469 g/mol. The van der Waals surface area contributed by atoms with E-state index in [0.717, 1.165) is 29.5 Å². The summed E-state index contributed by atoms with van der Waals surface area (Å²) in [7, 11) is 0. The number of hydrogen-bond acceptors (Lipinski definition) is 5. The molecule has 4 rings (SSSR count). The molecule has 1 N–H and O–H groups in total. The Kier molecular flexibility index (Phi) is 6.53. The van der Waals surface area contributed by atoms with Crippen LogP contribution in [0.5, 0.6) is 0 Å². The summed E-state index contributed by atoms with van der Waals surface area (Å²) in [4.78, 5) is 25.7. The molecule has 166 valence electrons. The molecule has 0 fully saturated rings. The van der Waals surface area contributed by atoms with Crippen molar-refractivity contribution in [1.82, 2.24) is 19.2 Å². The molecule has 0 saturated heterocycles. The van der Waals surface area contributed by atoms with E-state index in [4.69, 9.17) is 11.6 Å². The number of benzene rings is 2. The normalized spacial score (nSPS) is 11.4. The minimum Gasteiger partial charge on any atom is -0.324 e. The second-order valence-electron chi connectivity index (χ2n) is 7.72. The van der Waals surface area contributed by atoms with Crippen molar-refractivity contribution >= 4 is 51.6 Å². The molecule has 0 saturated carbocycles. The van der Waals surface area contributed by atoms with Crippen molar-refractivity contribution in [3.63, 3.8) is 0 Å². The van der Waals surface area contributed by atoms with Gasteiger partial charge in [0.15, 0.2) is 5.16 Å². The SMILES string of the molecule is CCCCn1c(=O)c2ccccc2n2c(SCC(=O)Nc3c(C)cc(C)cc3Cl)nnc12. The van der Waals surface area contributed by atoms with Crippen molar-refractivity contribution in [3.8, 4) is 0 Å². The molecule has 0 spiro atoms. The second-order valence-corrected chi connectivity index (χ2v) is 9.07. The van der Waals surface area contributed by atoms with Crippen LogP contribution >= 0.6 is 23.4 Å². The Hall–Kier alpha value is -2.84. The van der Waals surface area contributed by atoms with Gasteiger partial charge in [0.2, 0.25) is 11.7 Å². The molecular weight excluding hydrogens is 446 g/mol. The Morgan fingerprint density at radius 2 is 1.97 bits per heavy atom. The van der Waals surface area contributed by atoms with Gasteiger partial charge in [0.25, 0.3) is 5.56 Å². The van der Waals surface area contributed by atoms with Crippen LogP contribution in [0.1, 0.15) is 30.9 Å². The molecule has 0 atom stereocenters. The molecule has 0 radical (unpaired) electrons. The fourth-order valence-electron chi connectivity index (χ4n) is 3.72. The van der Waals surface area contributed by atoms with Crippen LogP contribution in [0.2, 0.25) is 5.02 Å². The van der Waals surface area contributed by atoms with Gasteiger partial charge in [-0.15, -0.1) is 10.2 Å². The first kappa shape index (κ1) is 22.4. The predicted molar refractivity (Wildman–Crippen MR) is 130 cm³/mol. The van der Waals surface area contributed by atoms with Gasteiger partial charge in [0.05, 0.1) is 27.4 Å². The number of para-hydroxylation sites is 1. The zero-order chi connectivity index (χ0) is 22.8. The highest BCUT2D eigenvalue weighted by Gasteiger charge is 2.18. The summed E-state index contributed by atoms with van der Waals surface area (Å²) in [6.45, 7) is 6.52. The van der Waals surface area contributed by atoms with Gasteiger partial charge in [-0.05, 0) is 49.6 Å². The minimum absolute atomic E-state index is 0.0762. The zero-order valence-corrected chi connectivity index (χ0v) is 19.8. The number of fused-ring (bicyclic) bond motifs is 3. The molecule has 0 aliphatic carbocycles. The van der Waals surface area contributed by atoms with E-state index in [2.05, 4.69) is 22.4 Å². The molecular formula is C23H24ClN5O2S. The quantitative estimate of drug-likeness (QED) is 0.391. The van der Waals surface area contributed by atoms with Crippen LogP contribution in [0.25, 0.3) is 16.7 Å².